The van der Waals surface area contributed by atoms with Gasteiger partial charge in [0.1, 0.15) is 0 Å². The smallest absolute Gasteiger partial charge is 0.191 e. The monoisotopic (exact) mass is 340 g/mol. The molecule has 1 saturated heterocycles. The largest absolute Gasteiger partial charge is 0.355 e. The second kappa shape index (κ2) is 9.22. The SMILES string of the molecule is CN=C(NCCn1cccn1)NCC(c1ccccc1)N1CCCC1. The summed E-state index contributed by atoms with van der Waals surface area (Å²) in [6.45, 7) is 4.81. The number of nitrogens with one attached hydrogen (secondary N) is 2. The Labute approximate surface area is 149 Å². The zero-order valence-electron chi connectivity index (χ0n) is 14.9. The highest BCUT2D eigenvalue weighted by Crippen LogP contribution is 2.24. The van der Waals surface area contributed by atoms with Crippen LogP contribution in [0.2, 0.25) is 0 Å². The number of rotatable bonds is 7. The number of aliphatic imine (C=N–C) groups is 1. The Morgan fingerprint density at radius 2 is 1.96 bits per heavy atom. The van der Waals surface area contributed by atoms with Crippen LogP contribution in [-0.2, 0) is 6.54 Å². The first kappa shape index (κ1) is 17.5. The van der Waals surface area contributed by atoms with Crippen LogP contribution in [-0.4, -0.2) is 53.9 Å². The van der Waals surface area contributed by atoms with Crippen molar-refractivity contribution in [1.82, 2.24) is 25.3 Å². The van der Waals surface area contributed by atoms with Crippen LogP contribution < -0.4 is 10.6 Å². The summed E-state index contributed by atoms with van der Waals surface area (Å²) < 4.78 is 1.91. The van der Waals surface area contributed by atoms with Gasteiger partial charge in [-0.2, -0.15) is 5.10 Å². The number of hydrogen-bond donors (Lipinski definition) is 2. The van der Waals surface area contributed by atoms with E-state index in [1.807, 2.05) is 24.0 Å². The van der Waals surface area contributed by atoms with E-state index in [4.69, 9.17) is 0 Å². The molecule has 0 radical (unpaired) electrons. The molecule has 1 atom stereocenters. The van der Waals surface area contributed by atoms with E-state index in [0.29, 0.717) is 6.04 Å². The van der Waals surface area contributed by atoms with Crippen molar-refractivity contribution in [3.8, 4) is 0 Å². The average molecular weight is 340 g/mol. The quantitative estimate of drug-likeness (QED) is 0.597. The minimum atomic E-state index is 0.383. The average Bonchev–Trinajstić information content (AvgIpc) is 3.35. The van der Waals surface area contributed by atoms with Crippen LogP contribution in [0.15, 0.2) is 53.8 Å². The lowest BCUT2D eigenvalue weighted by molar-refractivity contribution is 0.245. The van der Waals surface area contributed by atoms with Gasteiger partial charge >= 0.3 is 0 Å². The van der Waals surface area contributed by atoms with E-state index in [1.165, 1.54) is 31.5 Å². The highest BCUT2D eigenvalue weighted by molar-refractivity contribution is 5.79. The Kier molecular flexibility index (Phi) is 6.45. The lowest BCUT2D eigenvalue weighted by Crippen LogP contribution is -2.43. The van der Waals surface area contributed by atoms with Gasteiger partial charge in [0.05, 0.1) is 12.6 Å². The minimum absolute atomic E-state index is 0.383. The van der Waals surface area contributed by atoms with Gasteiger partial charge in [-0.25, -0.2) is 0 Å². The van der Waals surface area contributed by atoms with Gasteiger partial charge in [-0.3, -0.25) is 14.6 Å². The highest BCUT2D eigenvalue weighted by Gasteiger charge is 2.23. The Bertz CT molecular complexity index is 631. The zero-order valence-corrected chi connectivity index (χ0v) is 14.9. The summed E-state index contributed by atoms with van der Waals surface area (Å²) in [7, 11) is 1.82. The molecule has 3 rings (SSSR count). The number of aromatic nitrogens is 2. The third-order valence-electron chi connectivity index (χ3n) is 4.64. The summed E-state index contributed by atoms with van der Waals surface area (Å²) in [6.07, 6.45) is 6.35. The van der Waals surface area contributed by atoms with E-state index in [9.17, 15) is 0 Å². The molecule has 0 saturated carbocycles. The van der Waals surface area contributed by atoms with Crippen molar-refractivity contribution in [2.24, 2.45) is 4.99 Å². The molecular formula is C19H28N6. The molecule has 25 heavy (non-hydrogen) atoms. The topological polar surface area (TPSA) is 57.5 Å². The molecule has 0 aliphatic carbocycles. The maximum atomic E-state index is 4.35. The third-order valence-corrected chi connectivity index (χ3v) is 4.64. The van der Waals surface area contributed by atoms with Crippen LogP contribution in [0.5, 0.6) is 0 Å². The van der Waals surface area contributed by atoms with Crippen molar-refractivity contribution in [1.29, 1.82) is 0 Å². The summed E-state index contributed by atoms with van der Waals surface area (Å²) in [5, 5.41) is 11.1. The van der Waals surface area contributed by atoms with Crippen molar-refractivity contribution >= 4 is 5.96 Å². The van der Waals surface area contributed by atoms with Crippen molar-refractivity contribution in [3.05, 3.63) is 54.4 Å². The maximum absolute atomic E-state index is 4.35. The number of hydrogen-bond acceptors (Lipinski definition) is 3. The van der Waals surface area contributed by atoms with Crippen molar-refractivity contribution in [3.63, 3.8) is 0 Å². The fraction of sp³-hybridized carbons (Fsp3) is 0.474. The molecule has 1 aromatic heterocycles. The van der Waals surface area contributed by atoms with Crippen LogP contribution in [0.25, 0.3) is 0 Å². The molecule has 1 aromatic carbocycles. The molecule has 1 aliphatic rings. The normalized spacial score (nSPS) is 16.8. The van der Waals surface area contributed by atoms with Gasteiger partial charge in [-0.05, 0) is 37.6 Å². The summed E-state index contributed by atoms with van der Waals surface area (Å²) in [4.78, 5) is 6.91. The fourth-order valence-corrected chi connectivity index (χ4v) is 3.32. The fourth-order valence-electron chi connectivity index (χ4n) is 3.32. The predicted octanol–water partition coefficient (Wildman–Crippen LogP) is 1.89. The molecule has 2 aromatic rings. The van der Waals surface area contributed by atoms with Gasteiger partial charge in [0.15, 0.2) is 5.96 Å². The first-order valence-corrected chi connectivity index (χ1v) is 9.08. The first-order valence-electron chi connectivity index (χ1n) is 9.08. The molecule has 0 spiro atoms. The Hall–Kier alpha value is -2.34. The molecule has 2 heterocycles. The van der Waals surface area contributed by atoms with E-state index >= 15 is 0 Å². The lowest BCUT2D eigenvalue weighted by atomic mass is 10.1. The molecule has 1 unspecified atom stereocenters. The van der Waals surface area contributed by atoms with Gasteiger partial charge in [-0.1, -0.05) is 30.3 Å². The lowest BCUT2D eigenvalue weighted by Gasteiger charge is -2.29. The molecule has 6 heteroatoms. The molecule has 2 N–H and O–H groups in total. The summed E-state index contributed by atoms with van der Waals surface area (Å²) in [5.41, 5.74) is 1.36. The Morgan fingerprint density at radius 3 is 2.64 bits per heavy atom. The zero-order chi connectivity index (χ0) is 17.3. The van der Waals surface area contributed by atoms with Crippen LogP contribution in [0.4, 0.5) is 0 Å². The summed E-state index contributed by atoms with van der Waals surface area (Å²) in [5.74, 6) is 0.840. The van der Waals surface area contributed by atoms with E-state index in [2.05, 4.69) is 56.0 Å². The van der Waals surface area contributed by atoms with Crippen molar-refractivity contribution < 1.29 is 0 Å². The number of nitrogens with zero attached hydrogens (tertiary/aromatic N) is 4. The van der Waals surface area contributed by atoms with E-state index in [-0.39, 0.29) is 0 Å². The van der Waals surface area contributed by atoms with Crippen LogP contribution >= 0.6 is 0 Å². The van der Waals surface area contributed by atoms with Gasteiger partial charge in [-0.15, -0.1) is 0 Å². The standard InChI is InChI=1S/C19H28N6/c1-20-19(21-11-15-25-14-7-10-23-25)22-16-18(24-12-5-6-13-24)17-8-3-2-4-9-17/h2-4,7-10,14,18H,5-6,11-13,15-16H2,1H3,(H2,20,21,22). The molecular weight excluding hydrogens is 312 g/mol. The second-order valence-electron chi connectivity index (χ2n) is 6.32. The second-order valence-corrected chi connectivity index (χ2v) is 6.32. The highest BCUT2D eigenvalue weighted by atomic mass is 15.3. The van der Waals surface area contributed by atoms with E-state index < -0.39 is 0 Å². The van der Waals surface area contributed by atoms with Gasteiger partial charge in [0, 0.05) is 32.5 Å². The van der Waals surface area contributed by atoms with Crippen molar-refractivity contribution in [2.45, 2.75) is 25.4 Å². The molecule has 134 valence electrons. The maximum Gasteiger partial charge on any atom is 0.191 e. The summed E-state index contributed by atoms with van der Waals surface area (Å²) >= 11 is 0. The Morgan fingerprint density at radius 1 is 1.16 bits per heavy atom. The number of benzene rings is 1. The molecule has 6 nitrogen and oxygen atoms in total. The minimum Gasteiger partial charge on any atom is -0.355 e. The van der Waals surface area contributed by atoms with E-state index in [1.54, 1.807) is 6.20 Å². The van der Waals surface area contributed by atoms with Crippen LogP contribution in [0, 0.1) is 0 Å². The third kappa shape index (κ3) is 5.06. The molecule has 0 amide bonds. The van der Waals surface area contributed by atoms with Gasteiger partial charge in [0.25, 0.3) is 0 Å². The van der Waals surface area contributed by atoms with E-state index in [0.717, 1.165) is 25.6 Å². The van der Waals surface area contributed by atoms with Crippen molar-refractivity contribution in [2.75, 3.05) is 33.2 Å². The van der Waals surface area contributed by atoms with Crippen LogP contribution in [0.1, 0.15) is 24.4 Å². The number of guanidine groups is 1. The van der Waals surface area contributed by atoms with Gasteiger partial charge in [0.2, 0.25) is 0 Å². The van der Waals surface area contributed by atoms with Gasteiger partial charge < -0.3 is 10.6 Å². The summed E-state index contributed by atoms with van der Waals surface area (Å²) in [6, 6.07) is 13.1. The molecule has 1 fully saturated rings. The Balaban J connectivity index is 1.53. The predicted molar refractivity (Wildman–Crippen MR) is 102 cm³/mol. The molecule has 0 bridgehead atoms. The number of likely N-dealkylation sites (tertiary alicyclic amines) is 1. The first-order chi connectivity index (χ1) is 12.4. The molecule has 1 aliphatic heterocycles. The van der Waals surface area contributed by atoms with Crippen LogP contribution in [0.3, 0.4) is 0 Å².